The maximum absolute atomic E-state index is 13.7. The van der Waals surface area contributed by atoms with Gasteiger partial charge in [-0.1, -0.05) is 60.7 Å². The molecule has 3 aromatic carbocycles. The van der Waals surface area contributed by atoms with Gasteiger partial charge < -0.3 is 26.4 Å². The normalized spacial score (nSPS) is 12.0. The molecule has 0 aliphatic carbocycles. The number of hydrogen-bond donors (Lipinski definition) is 4. The fourth-order valence-corrected chi connectivity index (χ4v) is 4.59. The van der Waals surface area contributed by atoms with E-state index in [2.05, 4.69) is 20.9 Å². The van der Waals surface area contributed by atoms with Gasteiger partial charge >= 0.3 is 0 Å². The van der Waals surface area contributed by atoms with Crippen molar-refractivity contribution >= 4 is 17.7 Å². The molecule has 0 unspecified atom stereocenters. The molecule has 0 saturated carbocycles. The third-order valence-electron chi connectivity index (χ3n) is 7.02. The minimum atomic E-state index is -0.706. The fraction of sp³-hybridized carbons (Fsp3) is 0.235. The highest BCUT2D eigenvalue weighted by Gasteiger charge is 2.26. The second-order valence-electron chi connectivity index (χ2n) is 9.95. The van der Waals surface area contributed by atoms with E-state index in [1.54, 1.807) is 54.9 Å². The fourth-order valence-electron chi connectivity index (χ4n) is 4.59. The summed E-state index contributed by atoms with van der Waals surface area (Å²) < 4.78 is 5.55. The van der Waals surface area contributed by atoms with E-state index in [0.717, 1.165) is 11.1 Å². The molecule has 9 heteroatoms. The van der Waals surface area contributed by atoms with Crippen LogP contribution < -0.4 is 26.4 Å². The molecule has 4 aromatic rings. The lowest BCUT2D eigenvalue weighted by Crippen LogP contribution is -2.41. The number of aromatic nitrogens is 1. The zero-order valence-corrected chi connectivity index (χ0v) is 24.2. The molecule has 0 aliphatic heterocycles. The molecule has 2 atom stereocenters. The second-order valence-corrected chi connectivity index (χ2v) is 9.95. The molecule has 0 aliphatic rings. The predicted octanol–water partition coefficient (Wildman–Crippen LogP) is 3.67. The van der Waals surface area contributed by atoms with Crippen molar-refractivity contribution in [2.45, 2.75) is 31.8 Å². The highest BCUT2D eigenvalue weighted by molar-refractivity contribution is 5.95. The summed E-state index contributed by atoms with van der Waals surface area (Å²) in [5.41, 5.74) is 9.51. The van der Waals surface area contributed by atoms with Gasteiger partial charge in [0, 0.05) is 44.1 Å². The summed E-state index contributed by atoms with van der Waals surface area (Å²) in [6.07, 6.45) is 3.25. The Kier molecular flexibility index (Phi) is 11.4. The molecule has 9 nitrogen and oxygen atoms in total. The molecule has 0 bridgehead atoms. The van der Waals surface area contributed by atoms with Gasteiger partial charge in [-0.05, 0) is 59.5 Å². The van der Waals surface area contributed by atoms with Gasteiger partial charge in [0.2, 0.25) is 11.8 Å². The monoisotopic (exact) mass is 579 g/mol. The van der Waals surface area contributed by atoms with Crippen molar-refractivity contribution in [1.29, 1.82) is 0 Å². The molecule has 43 heavy (non-hydrogen) atoms. The third kappa shape index (κ3) is 8.98. The van der Waals surface area contributed by atoms with E-state index in [-0.39, 0.29) is 30.8 Å². The lowest BCUT2D eigenvalue weighted by molar-refractivity contribution is -0.124. The Hall–Kier alpha value is -5.02. The maximum atomic E-state index is 13.7. The van der Waals surface area contributed by atoms with E-state index >= 15 is 0 Å². The van der Waals surface area contributed by atoms with E-state index in [9.17, 15) is 14.4 Å². The Morgan fingerprint density at radius 3 is 2.05 bits per heavy atom. The predicted molar refractivity (Wildman–Crippen MR) is 165 cm³/mol. The van der Waals surface area contributed by atoms with Crippen molar-refractivity contribution in [3.63, 3.8) is 0 Å². The van der Waals surface area contributed by atoms with Crippen LogP contribution in [0, 0.1) is 0 Å². The SMILES string of the molecule is CCOc1ccc([C@@H](CNC(=O)c2ccccc2)C(=O)NC[C@H](C(=O)NCc2ccc(CN)cc2)c2cccnc2)cc1. The highest BCUT2D eigenvalue weighted by atomic mass is 16.5. The van der Waals surface area contributed by atoms with Gasteiger partial charge in [0.25, 0.3) is 5.91 Å². The Morgan fingerprint density at radius 2 is 1.40 bits per heavy atom. The molecule has 5 N–H and O–H groups in total. The molecule has 0 saturated heterocycles. The van der Waals surface area contributed by atoms with E-state index < -0.39 is 11.8 Å². The van der Waals surface area contributed by atoms with E-state index in [4.69, 9.17) is 10.5 Å². The van der Waals surface area contributed by atoms with E-state index in [1.807, 2.05) is 55.5 Å². The number of carbonyl (C=O) groups excluding carboxylic acids is 3. The highest BCUT2D eigenvalue weighted by Crippen LogP contribution is 2.21. The number of pyridine rings is 1. The number of hydrogen-bond acceptors (Lipinski definition) is 6. The molecule has 3 amide bonds. The molecule has 4 rings (SSSR count). The first-order valence-corrected chi connectivity index (χ1v) is 14.3. The zero-order chi connectivity index (χ0) is 30.4. The lowest BCUT2D eigenvalue weighted by atomic mass is 9.96. The number of rotatable bonds is 14. The molecule has 1 heterocycles. The smallest absolute Gasteiger partial charge is 0.251 e. The average molecular weight is 580 g/mol. The summed E-state index contributed by atoms with van der Waals surface area (Å²) in [4.78, 5) is 44.0. The van der Waals surface area contributed by atoms with Crippen LogP contribution in [0.2, 0.25) is 0 Å². The summed E-state index contributed by atoms with van der Waals surface area (Å²) in [5, 5.41) is 8.81. The van der Waals surface area contributed by atoms with Crippen molar-refractivity contribution in [3.8, 4) is 5.75 Å². The third-order valence-corrected chi connectivity index (χ3v) is 7.02. The molecular weight excluding hydrogens is 542 g/mol. The first-order chi connectivity index (χ1) is 21.0. The first kappa shape index (κ1) is 30.9. The van der Waals surface area contributed by atoms with Crippen LogP contribution in [0.25, 0.3) is 0 Å². The van der Waals surface area contributed by atoms with Crippen LogP contribution in [0.15, 0.2) is 103 Å². The Balaban J connectivity index is 1.48. The van der Waals surface area contributed by atoms with Crippen molar-refractivity contribution in [2.24, 2.45) is 5.73 Å². The van der Waals surface area contributed by atoms with Crippen molar-refractivity contribution in [3.05, 3.63) is 131 Å². The van der Waals surface area contributed by atoms with Crippen LogP contribution in [0.1, 0.15) is 51.4 Å². The average Bonchev–Trinajstić information content (AvgIpc) is 3.06. The molecular formula is C34H37N5O4. The number of nitrogens with zero attached hydrogens (tertiary/aromatic N) is 1. The van der Waals surface area contributed by atoms with Gasteiger partial charge in [-0.2, -0.15) is 0 Å². The van der Waals surface area contributed by atoms with Crippen LogP contribution in [-0.2, 0) is 22.7 Å². The Bertz CT molecular complexity index is 1460. The zero-order valence-electron chi connectivity index (χ0n) is 24.2. The van der Waals surface area contributed by atoms with E-state index in [1.165, 1.54) is 0 Å². The van der Waals surface area contributed by atoms with Gasteiger partial charge in [0.1, 0.15) is 5.75 Å². The molecule has 0 radical (unpaired) electrons. The van der Waals surface area contributed by atoms with Crippen LogP contribution >= 0.6 is 0 Å². The number of nitrogens with two attached hydrogens (primary N) is 1. The standard InChI is InChI=1S/C34H37N5O4/c1-2-43-29-16-14-26(15-17-29)30(22-38-32(40)27-7-4-3-5-8-27)33(41)39-23-31(28-9-6-18-36-21-28)34(42)37-20-25-12-10-24(19-35)11-13-25/h3-18,21,30-31H,2,19-20,22-23,35H2,1H3,(H,37,42)(H,38,40)(H,39,41)/t30-,31+/m1/s1. The van der Waals surface area contributed by atoms with Crippen LogP contribution in [0.4, 0.5) is 0 Å². The van der Waals surface area contributed by atoms with Gasteiger partial charge in [-0.3, -0.25) is 19.4 Å². The van der Waals surface area contributed by atoms with Crippen LogP contribution in [0.3, 0.4) is 0 Å². The minimum absolute atomic E-state index is 0.0443. The topological polar surface area (TPSA) is 135 Å². The summed E-state index contributed by atoms with van der Waals surface area (Å²) in [5.74, 6) is -1.55. The lowest BCUT2D eigenvalue weighted by Gasteiger charge is -2.22. The van der Waals surface area contributed by atoms with Crippen LogP contribution in [0.5, 0.6) is 5.75 Å². The number of carbonyl (C=O) groups is 3. The van der Waals surface area contributed by atoms with Gasteiger partial charge in [0.15, 0.2) is 0 Å². The minimum Gasteiger partial charge on any atom is -0.494 e. The van der Waals surface area contributed by atoms with Gasteiger partial charge in [-0.15, -0.1) is 0 Å². The van der Waals surface area contributed by atoms with Crippen molar-refractivity contribution in [1.82, 2.24) is 20.9 Å². The summed E-state index contributed by atoms with van der Waals surface area (Å²) in [7, 11) is 0. The molecule has 0 fully saturated rings. The molecule has 222 valence electrons. The quantitative estimate of drug-likeness (QED) is 0.180. The Labute approximate surface area is 251 Å². The number of ether oxygens (including phenoxy) is 1. The summed E-state index contributed by atoms with van der Waals surface area (Å²) >= 11 is 0. The molecule has 1 aromatic heterocycles. The van der Waals surface area contributed by atoms with E-state index in [0.29, 0.717) is 42.1 Å². The van der Waals surface area contributed by atoms with Crippen LogP contribution in [-0.4, -0.2) is 42.4 Å². The summed E-state index contributed by atoms with van der Waals surface area (Å²) in [6.45, 7) is 3.30. The first-order valence-electron chi connectivity index (χ1n) is 14.3. The van der Waals surface area contributed by atoms with Crippen molar-refractivity contribution < 1.29 is 19.1 Å². The molecule has 0 spiro atoms. The summed E-state index contributed by atoms with van der Waals surface area (Å²) in [6, 6.07) is 27.3. The Morgan fingerprint density at radius 1 is 0.744 bits per heavy atom. The van der Waals surface area contributed by atoms with Crippen molar-refractivity contribution in [2.75, 3.05) is 19.7 Å². The maximum Gasteiger partial charge on any atom is 0.251 e. The van der Waals surface area contributed by atoms with Gasteiger partial charge in [0.05, 0.1) is 18.4 Å². The largest absolute Gasteiger partial charge is 0.494 e. The van der Waals surface area contributed by atoms with Gasteiger partial charge in [-0.25, -0.2) is 0 Å². The number of nitrogens with one attached hydrogen (secondary N) is 3. The number of amides is 3. The second kappa shape index (κ2) is 15.8. The number of benzene rings is 3.